The van der Waals surface area contributed by atoms with Gasteiger partial charge in [0.15, 0.2) is 0 Å². The molecule has 0 heterocycles. The first-order chi connectivity index (χ1) is 14.3. The Morgan fingerprint density at radius 1 is 0.517 bits per heavy atom. The Morgan fingerprint density at radius 3 is 1.00 bits per heavy atom. The number of carbonyl (C=O) groups excluding carboxylic acids is 1. The zero-order valence-electron chi connectivity index (χ0n) is 20.8. The number of nitrogens with one attached hydrogen (secondary N) is 1. The maximum absolute atomic E-state index is 9.06. The summed E-state index contributed by atoms with van der Waals surface area (Å²) >= 11 is 0. The molecule has 176 valence electrons. The lowest BCUT2D eigenvalue weighted by atomic mass is 10.1. The lowest BCUT2D eigenvalue weighted by Gasteiger charge is -2.18. The lowest BCUT2D eigenvalue weighted by Crippen LogP contribution is -1.98. The Balaban J connectivity index is 0. The van der Waals surface area contributed by atoms with Crippen LogP contribution in [0.25, 0.3) is 0 Å². The van der Waals surface area contributed by atoms with Gasteiger partial charge >= 0.3 is 0 Å². The second-order valence-electron chi connectivity index (χ2n) is 8.55. The van der Waals surface area contributed by atoms with Crippen LogP contribution in [0, 0.1) is 0 Å². The van der Waals surface area contributed by atoms with Crippen LogP contribution in [0.3, 0.4) is 0 Å². The molecule has 2 nitrogen and oxygen atoms in total. The molecule has 0 aromatic rings. The number of rotatable bonds is 22. The monoisotopic (exact) mass is 429 g/mol. The lowest BCUT2D eigenvalue weighted by molar-refractivity contribution is -0.109. The van der Waals surface area contributed by atoms with Crippen molar-refractivity contribution in [2.45, 2.75) is 136 Å². The largest absolute Gasteiger partial charge is 0.362 e. The van der Waals surface area contributed by atoms with E-state index < -0.39 is 0 Å². The van der Waals surface area contributed by atoms with Crippen molar-refractivity contribution in [1.29, 1.82) is 0 Å². The molecule has 0 radical (unpaired) electrons. The molecule has 0 aromatic carbocycles. The fourth-order valence-electron chi connectivity index (χ4n) is 3.68. The highest BCUT2D eigenvalue weighted by Gasteiger charge is 2.07. The number of amides is 1. The van der Waals surface area contributed by atoms with E-state index in [1.807, 2.05) is 0 Å². The molecule has 0 saturated heterocycles. The van der Waals surface area contributed by atoms with Crippen LogP contribution < -0.4 is 5.32 Å². The molecule has 1 amide bonds. The van der Waals surface area contributed by atoms with Gasteiger partial charge in [-0.1, -0.05) is 117 Å². The minimum Gasteiger partial charge on any atom is -0.362 e. The van der Waals surface area contributed by atoms with Crippen LogP contribution >= 0.6 is 7.92 Å². The molecule has 3 heteroatoms. The fraction of sp³-hybridized carbons (Fsp3) is 0.962. The quantitative estimate of drug-likeness (QED) is 0.104. The highest BCUT2D eigenvalue weighted by atomic mass is 31.1. The van der Waals surface area contributed by atoms with Crippen molar-refractivity contribution < 1.29 is 4.79 Å². The molecule has 0 rings (SSSR count). The van der Waals surface area contributed by atoms with E-state index in [1.165, 1.54) is 116 Å². The summed E-state index contributed by atoms with van der Waals surface area (Å²) in [5, 5.41) is 2.25. The summed E-state index contributed by atoms with van der Waals surface area (Å²) in [7, 11) is 1.93. The summed E-state index contributed by atoms with van der Waals surface area (Å²) in [4.78, 5) is 9.06. The van der Waals surface area contributed by atoms with E-state index in [-0.39, 0.29) is 0 Å². The molecule has 0 saturated carbocycles. The van der Waals surface area contributed by atoms with E-state index in [0.717, 1.165) is 0 Å². The van der Waals surface area contributed by atoms with Crippen LogP contribution in [-0.2, 0) is 4.79 Å². The third-order valence-electron chi connectivity index (χ3n) is 5.60. The van der Waals surface area contributed by atoms with Gasteiger partial charge in [0.1, 0.15) is 0 Å². The van der Waals surface area contributed by atoms with Gasteiger partial charge < -0.3 is 5.32 Å². The Morgan fingerprint density at radius 2 is 0.759 bits per heavy atom. The summed E-state index contributed by atoms with van der Waals surface area (Å²) in [5.41, 5.74) is 0. The SMILES string of the molecule is CCCCCCCCP(CCCCCCCC)CCCCCCCC.CNC=O. The molecule has 0 aliphatic rings. The van der Waals surface area contributed by atoms with Gasteiger partial charge in [0.05, 0.1) is 0 Å². The second-order valence-corrected chi connectivity index (χ2v) is 11.2. The Bertz CT molecular complexity index is 248. The zero-order chi connectivity index (χ0) is 21.8. The van der Waals surface area contributed by atoms with E-state index in [2.05, 4.69) is 26.1 Å². The van der Waals surface area contributed by atoms with Gasteiger partial charge in [-0.25, -0.2) is 0 Å². The predicted molar refractivity (Wildman–Crippen MR) is 137 cm³/mol. The summed E-state index contributed by atoms with van der Waals surface area (Å²) < 4.78 is 0. The number of hydrogen-bond donors (Lipinski definition) is 1. The van der Waals surface area contributed by atoms with Crippen molar-refractivity contribution in [3.8, 4) is 0 Å². The molecule has 0 atom stereocenters. The first-order valence-electron chi connectivity index (χ1n) is 13.1. The van der Waals surface area contributed by atoms with E-state index in [1.54, 1.807) is 25.5 Å². The van der Waals surface area contributed by atoms with Crippen LogP contribution in [0.1, 0.15) is 136 Å². The number of unbranched alkanes of at least 4 members (excludes halogenated alkanes) is 15. The molecule has 0 aliphatic carbocycles. The number of carbonyl (C=O) groups is 1. The van der Waals surface area contributed by atoms with E-state index in [4.69, 9.17) is 4.79 Å². The van der Waals surface area contributed by atoms with Crippen molar-refractivity contribution in [2.75, 3.05) is 25.5 Å². The van der Waals surface area contributed by atoms with Gasteiger partial charge in [0.2, 0.25) is 6.41 Å². The highest BCUT2D eigenvalue weighted by molar-refractivity contribution is 7.57. The van der Waals surface area contributed by atoms with Crippen molar-refractivity contribution >= 4 is 14.3 Å². The van der Waals surface area contributed by atoms with Crippen molar-refractivity contribution in [1.82, 2.24) is 5.32 Å². The van der Waals surface area contributed by atoms with Crippen LogP contribution in [-0.4, -0.2) is 31.9 Å². The topological polar surface area (TPSA) is 29.1 Å². The van der Waals surface area contributed by atoms with Gasteiger partial charge in [-0.3, -0.25) is 4.79 Å². The maximum atomic E-state index is 9.06. The van der Waals surface area contributed by atoms with Gasteiger partial charge in [0, 0.05) is 7.05 Å². The highest BCUT2D eigenvalue weighted by Crippen LogP contribution is 2.39. The van der Waals surface area contributed by atoms with Crippen LogP contribution in [0.5, 0.6) is 0 Å². The Hall–Kier alpha value is -0.100. The molecular formula is C26H56NOP. The molecule has 0 bridgehead atoms. The van der Waals surface area contributed by atoms with Crippen LogP contribution in [0.15, 0.2) is 0 Å². The average molecular weight is 430 g/mol. The molecule has 0 spiro atoms. The van der Waals surface area contributed by atoms with Crippen molar-refractivity contribution in [3.05, 3.63) is 0 Å². The third kappa shape index (κ3) is 30.2. The summed E-state index contributed by atoms with van der Waals surface area (Å²) in [5.74, 6) is 0. The summed E-state index contributed by atoms with van der Waals surface area (Å²) in [6.45, 7) is 6.96. The van der Waals surface area contributed by atoms with Crippen molar-refractivity contribution in [2.24, 2.45) is 0 Å². The molecule has 29 heavy (non-hydrogen) atoms. The van der Waals surface area contributed by atoms with Gasteiger partial charge in [-0.05, 0) is 37.7 Å². The zero-order valence-corrected chi connectivity index (χ0v) is 21.7. The molecule has 1 N–H and O–H groups in total. The van der Waals surface area contributed by atoms with Gasteiger partial charge in [-0.2, -0.15) is 0 Å². The predicted octanol–water partition coefficient (Wildman–Crippen LogP) is 8.91. The second kappa shape index (κ2) is 30.1. The minimum atomic E-state index is 0.366. The third-order valence-corrected chi connectivity index (χ3v) is 8.45. The van der Waals surface area contributed by atoms with Crippen LogP contribution in [0.2, 0.25) is 0 Å². The molecular weight excluding hydrogens is 373 g/mol. The normalized spacial score (nSPS) is 10.7. The first-order valence-corrected chi connectivity index (χ1v) is 15.0. The molecule has 0 aromatic heterocycles. The minimum absolute atomic E-state index is 0.366. The van der Waals surface area contributed by atoms with E-state index in [0.29, 0.717) is 14.3 Å². The van der Waals surface area contributed by atoms with E-state index >= 15 is 0 Å². The summed E-state index contributed by atoms with van der Waals surface area (Å²) in [6.07, 6.45) is 31.9. The van der Waals surface area contributed by atoms with Gasteiger partial charge in [-0.15, -0.1) is 7.92 Å². The van der Waals surface area contributed by atoms with Gasteiger partial charge in [0.25, 0.3) is 0 Å². The van der Waals surface area contributed by atoms with Crippen molar-refractivity contribution in [3.63, 3.8) is 0 Å². The Labute approximate surface area is 186 Å². The Kier molecular flexibility index (Phi) is 32.3. The summed E-state index contributed by atoms with van der Waals surface area (Å²) in [6, 6.07) is 0. The maximum Gasteiger partial charge on any atom is 0.206 e. The standard InChI is InChI=1S/C24H51P.C2H5NO/c1-4-7-10-13-16-19-22-25(23-20-17-14-11-8-5-2)24-21-18-15-12-9-6-3;1-3-2-4/h4-24H2,1-3H3;2H,1H3,(H,3,4). The number of hydrogen-bond acceptors (Lipinski definition) is 1. The average Bonchev–Trinajstić information content (AvgIpc) is 2.75. The van der Waals surface area contributed by atoms with E-state index in [9.17, 15) is 0 Å². The molecule has 0 aliphatic heterocycles. The smallest absolute Gasteiger partial charge is 0.206 e. The fourth-order valence-corrected chi connectivity index (χ4v) is 6.37. The molecule has 0 unspecified atom stereocenters. The van der Waals surface area contributed by atoms with Crippen LogP contribution in [0.4, 0.5) is 0 Å². The molecule has 0 fully saturated rings. The first kappa shape index (κ1) is 31.1.